The topological polar surface area (TPSA) is 129 Å². The van der Waals surface area contributed by atoms with Crippen molar-refractivity contribution in [3.8, 4) is 0 Å². The van der Waals surface area contributed by atoms with Gasteiger partial charge in [0, 0.05) is 26.7 Å². The van der Waals surface area contributed by atoms with E-state index in [1.54, 1.807) is 18.0 Å². The van der Waals surface area contributed by atoms with Gasteiger partial charge in [-0.25, -0.2) is 15.0 Å². The Bertz CT molecular complexity index is 821. The lowest BCUT2D eigenvalue weighted by Crippen LogP contribution is -2.40. The van der Waals surface area contributed by atoms with E-state index in [0.29, 0.717) is 43.1 Å². The summed E-state index contributed by atoms with van der Waals surface area (Å²) < 4.78 is 12.7. The molecular formula is C17H24N6O4. The lowest BCUT2D eigenvalue weighted by atomic mass is 10.1. The second-order valence-electron chi connectivity index (χ2n) is 7.05. The molecule has 2 unspecified atom stereocenters. The number of nitrogens with zero attached hydrogens (tertiary/aromatic N) is 5. The molecule has 27 heavy (non-hydrogen) atoms. The van der Waals surface area contributed by atoms with Gasteiger partial charge in [-0.3, -0.25) is 4.79 Å². The number of primary amides is 1. The van der Waals surface area contributed by atoms with Crippen molar-refractivity contribution in [3.05, 3.63) is 12.7 Å². The van der Waals surface area contributed by atoms with Gasteiger partial charge in [0.25, 0.3) is 0 Å². The number of amides is 1. The molecule has 0 radical (unpaired) electrons. The monoisotopic (exact) mass is 376 g/mol. The zero-order chi connectivity index (χ0) is 19.0. The first-order valence-electron chi connectivity index (χ1n) is 9.12. The number of aliphatic hydroxyl groups excluding tert-OH is 1. The Morgan fingerprint density at radius 2 is 2.33 bits per heavy atom. The highest BCUT2D eigenvalue weighted by Gasteiger charge is 2.38. The number of carbonyl (C=O) groups excluding carboxylic acids is 1. The first kappa shape index (κ1) is 18.1. The Hall–Kier alpha value is -2.30. The summed E-state index contributed by atoms with van der Waals surface area (Å²) in [5.74, 6) is 0.128. The van der Waals surface area contributed by atoms with Crippen LogP contribution in [0.15, 0.2) is 12.7 Å². The number of hydrogen-bond donors (Lipinski definition) is 2. The molecule has 2 aromatic heterocycles. The van der Waals surface area contributed by atoms with E-state index in [2.05, 4.69) is 15.0 Å². The number of aromatic nitrogens is 4. The summed E-state index contributed by atoms with van der Waals surface area (Å²) in [6.07, 6.45) is 4.49. The van der Waals surface area contributed by atoms with Crippen molar-refractivity contribution < 1.29 is 19.4 Å². The van der Waals surface area contributed by atoms with E-state index in [9.17, 15) is 9.90 Å². The van der Waals surface area contributed by atoms with Crippen LogP contribution in [0.1, 0.15) is 19.3 Å². The maximum absolute atomic E-state index is 11.9. The summed E-state index contributed by atoms with van der Waals surface area (Å²) in [7, 11) is 1.61. The van der Waals surface area contributed by atoms with E-state index in [1.165, 1.54) is 6.33 Å². The van der Waals surface area contributed by atoms with Crippen LogP contribution >= 0.6 is 0 Å². The van der Waals surface area contributed by atoms with Gasteiger partial charge in [-0.15, -0.1) is 0 Å². The van der Waals surface area contributed by atoms with Crippen LogP contribution < -0.4 is 10.6 Å². The molecule has 2 aliphatic rings. The molecule has 0 aromatic carbocycles. The number of methoxy groups -OCH3 is 1. The maximum Gasteiger partial charge on any atom is 0.240 e. The van der Waals surface area contributed by atoms with Crippen molar-refractivity contribution >= 4 is 22.9 Å². The number of hydrogen-bond acceptors (Lipinski definition) is 8. The number of aliphatic hydroxyl groups is 1. The lowest BCUT2D eigenvalue weighted by Gasteiger charge is -2.23. The maximum atomic E-state index is 11.9. The third-order valence-electron chi connectivity index (χ3n) is 5.36. The standard InChI is InChI=1S/C17H24N6O4/c1-26-10-5-11(15(18)25)23(6-10)17-14-16(19-8-20-17)22(9-21-14)7-12(24)13-3-2-4-27-13/h8-13,24H,2-7H2,1H3,(H2,18,25)/t10-,11-,12?,13?/m0/s1. The van der Waals surface area contributed by atoms with Crippen LogP contribution in [0.3, 0.4) is 0 Å². The molecule has 4 heterocycles. The SMILES string of the molecule is CO[C@H]1C[C@@H](C(N)=O)N(c2ncnc3c2ncn3CC(O)C2CCCO2)C1. The van der Waals surface area contributed by atoms with Crippen LogP contribution in [0.5, 0.6) is 0 Å². The molecule has 2 saturated heterocycles. The van der Waals surface area contributed by atoms with E-state index >= 15 is 0 Å². The van der Waals surface area contributed by atoms with Gasteiger partial charge in [0.1, 0.15) is 12.4 Å². The van der Waals surface area contributed by atoms with Crippen molar-refractivity contribution in [1.82, 2.24) is 19.5 Å². The molecule has 2 aromatic rings. The zero-order valence-electron chi connectivity index (χ0n) is 15.2. The molecule has 10 heteroatoms. The molecule has 0 spiro atoms. The van der Waals surface area contributed by atoms with Crippen molar-refractivity contribution in [2.24, 2.45) is 5.73 Å². The van der Waals surface area contributed by atoms with Crippen LogP contribution in [-0.4, -0.2) is 75.1 Å². The zero-order valence-corrected chi connectivity index (χ0v) is 15.2. The number of imidazole rings is 1. The van der Waals surface area contributed by atoms with Gasteiger partial charge >= 0.3 is 0 Å². The van der Waals surface area contributed by atoms with E-state index in [0.717, 1.165) is 12.8 Å². The lowest BCUT2D eigenvalue weighted by molar-refractivity contribution is -0.119. The highest BCUT2D eigenvalue weighted by atomic mass is 16.5. The Kier molecular flexibility index (Phi) is 4.94. The van der Waals surface area contributed by atoms with Gasteiger partial charge in [-0.2, -0.15) is 0 Å². The molecule has 0 bridgehead atoms. The van der Waals surface area contributed by atoms with E-state index in [4.69, 9.17) is 15.2 Å². The summed E-state index contributed by atoms with van der Waals surface area (Å²) in [4.78, 5) is 26.8. The second kappa shape index (κ2) is 7.37. The summed E-state index contributed by atoms with van der Waals surface area (Å²) in [6, 6.07) is -0.504. The van der Waals surface area contributed by atoms with Crippen LogP contribution in [-0.2, 0) is 20.8 Å². The number of carbonyl (C=O) groups is 1. The fourth-order valence-electron chi connectivity index (χ4n) is 3.91. The first-order chi connectivity index (χ1) is 13.1. The van der Waals surface area contributed by atoms with Gasteiger partial charge in [0.05, 0.1) is 31.2 Å². The predicted molar refractivity (Wildman–Crippen MR) is 96.0 cm³/mol. The number of anilines is 1. The molecule has 0 aliphatic carbocycles. The Morgan fingerprint density at radius 3 is 3.04 bits per heavy atom. The van der Waals surface area contributed by atoms with Crippen LogP contribution in [0, 0.1) is 0 Å². The Morgan fingerprint density at radius 1 is 1.48 bits per heavy atom. The third kappa shape index (κ3) is 3.35. The summed E-state index contributed by atoms with van der Waals surface area (Å²) in [5, 5.41) is 10.4. The summed E-state index contributed by atoms with van der Waals surface area (Å²) >= 11 is 0. The van der Waals surface area contributed by atoms with Gasteiger partial charge in [0.15, 0.2) is 17.0 Å². The average molecular weight is 376 g/mol. The number of ether oxygens (including phenoxy) is 2. The van der Waals surface area contributed by atoms with Crippen LogP contribution in [0.4, 0.5) is 5.82 Å². The Balaban J connectivity index is 1.63. The number of fused-ring (bicyclic) bond motifs is 1. The van der Waals surface area contributed by atoms with E-state index < -0.39 is 18.1 Å². The van der Waals surface area contributed by atoms with Gasteiger partial charge in [-0.05, 0) is 12.8 Å². The minimum Gasteiger partial charge on any atom is -0.389 e. The van der Waals surface area contributed by atoms with Crippen molar-refractivity contribution in [2.45, 2.75) is 50.2 Å². The second-order valence-corrected chi connectivity index (χ2v) is 7.05. The fraction of sp³-hybridized carbons (Fsp3) is 0.647. The molecule has 2 aliphatic heterocycles. The van der Waals surface area contributed by atoms with E-state index in [1.807, 2.05) is 4.90 Å². The molecule has 4 rings (SSSR count). The van der Waals surface area contributed by atoms with Gasteiger partial charge < -0.3 is 29.8 Å². The third-order valence-corrected chi connectivity index (χ3v) is 5.36. The highest BCUT2D eigenvalue weighted by Crippen LogP contribution is 2.30. The highest BCUT2D eigenvalue weighted by molar-refractivity contribution is 5.89. The normalized spacial score (nSPS) is 26.7. The molecule has 10 nitrogen and oxygen atoms in total. The average Bonchev–Trinajstić information content (AvgIpc) is 3.40. The quantitative estimate of drug-likeness (QED) is 0.687. The van der Waals surface area contributed by atoms with Crippen LogP contribution in [0.2, 0.25) is 0 Å². The van der Waals surface area contributed by atoms with E-state index in [-0.39, 0.29) is 12.2 Å². The molecule has 4 atom stereocenters. The minimum atomic E-state index is -0.633. The minimum absolute atomic E-state index is 0.101. The predicted octanol–water partition coefficient (Wildman–Crippen LogP) is -0.555. The largest absolute Gasteiger partial charge is 0.389 e. The molecule has 1 amide bonds. The van der Waals surface area contributed by atoms with Gasteiger partial charge in [-0.1, -0.05) is 0 Å². The first-order valence-corrected chi connectivity index (χ1v) is 9.12. The fourth-order valence-corrected chi connectivity index (χ4v) is 3.91. The smallest absolute Gasteiger partial charge is 0.240 e. The number of rotatable bonds is 6. The van der Waals surface area contributed by atoms with Gasteiger partial charge in [0.2, 0.25) is 5.91 Å². The summed E-state index contributed by atoms with van der Waals surface area (Å²) in [6.45, 7) is 1.52. The molecular weight excluding hydrogens is 352 g/mol. The number of nitrogens with two attached hydrogens (primary N) is 1. The molecule has 146 valence electrons. The molecule has 0 saturated carbocycles. The molecule has 3 N–H and O–H groups in total. The van der Waals surface area contributed by atoms with Crippen LogP contribution in [0.25, 0.3) is 11.2 Å². The Labute approximate surface area is 156 Å². The summed E-state index contributed by atoms with van der Waals surface area (Å²) in [5.41, 5.74) is 6.74. The molecule has 2 fully saturated rings. The van der Waals surface area contributed by atoms with Crippen molar-refractivity contribution in [2.75, 3.05) is 25.2 Å². The van der Waals surface area contributed by atoms with Crippen molar-refractivity contribution in [1.29, 1.82) is 0 Å². The van der Waals surface area contributed by atoms with Crippen molar-refractivity contribution in [3.63, 3.8) is 0 Å².